The van der Waals surface area contributed by atoms with Gasteiger partial charge in [0.25, 0.3) is 0 Å². The molecule has 0 aliphatic heterocycles. The summed E-state index contributed by atoms with van der Waals surface area (Å²) in [5.74, 6) is 5.09. The molecule has 2 heterocycles. The lowest BCUT2D eigenvalue weighted by Crippen LogP contribution is -1.79. The van der Waals surface area contributed by atoms with Gasteiger partial charge in [-0.3, -0.25) is 9.97 Å². The van der Waals surface area contributed by atoms with E-state index in [2.05, 4.69) is 21.8 Å². The predicted molar refractivity (Wildman–Crippen MR) is 53.3 cm³/mol. The Bertz CT molecular complexity index is 492. The summed E-state index contributed by atoms with van der Waals surface area (Å²) in [6, 6.07) is 0. The van der Waals surface area contributed by atoms with Crippen LogP contribution < -0.4 is 0 Å². The Hall–Kier alpha value is -1.84. The van der Waals surface area contributed by atoms with Gasteiger partial charge in [0.05, 0.1) is 0 Å². The minimum atomic E-state index is 0.725. The topological polar surface area (TPSA) is 25.8 Å². The van der Waals surface area contributed by atoms with Crippen LogP contribution in [0.3, 0.4) is 0 Å². The molecule has 0 saturated heterocycles. The highest BCUT2D eigenvalue weighted by atomic mass is 32.1. The van der Waals surface area contributed by atoms with Crippen LogP contribution in [0.1, 0.15) is 9.75 Å². The van der Waals surface area contributed by atoms with Gasteiger partial charge >= 0.3 is 0 Å². The van der Waals surface area contributed by atoms with E-state index < -0.39 is 0 Å². The lowest BCUT2D eigenvalue weighted by molar-refractivity contribution is 1.30. The summed E-state index contributed by atoms with van der Waals surface area (Å²) >= 11 is 1.38. The van der Waals surface area contributed by atoms with Crippen molar-refractivity contribution in [3.63, 3.8) is 0 Å². The maximum atomic E-state index is 5.31. The minimum Gasteiger partial charge on any atom is -0.251 e. The van der Waals surface area contributed by atoms with Crippen LogP contribution in [-0.4, -0.2) is 9.97 Å². The van der Waals surface area contributed by atoms with Crippen molar-refractivity contribution >= 4 is 22.4 Å². The molecular weight excluding hydrogens is 180 g/mol. The lowest BCUT2D eigenvalue weighted by atomic mass is 10.3. The van der Waals surface area contributed by atoms with Gasteiger partial charge in [-0.1, -0.05) is 11.8 Å². The van der Waals surface area contributed by atoms with Gasteiger partial charge in [-0.15, -0.1) is 24.2 Å². The first-order valence-electron chi connectivity index (χ1n) is 3.53. The van der Waals surface area contributed by atoms with Crippen molar-refractivity contribution in [2.45, 2.75) is 0 Å². The van der Waals surface area contributed by atoms with Crippen LogP contribution in [0.2, 0.25) is 0 Å². The van der Waals surface area contributed by atoms with E-state index in [1.165, 1.54) is 11.3 Å². The van der Waals surface area contributed by atoms with Crippen LogP contribution in [0.15, 0.2) is 12.4 Å². The van der Waals surface area contributed by atoms with Gasteiger partial charge in [0.2, 0.25) is 0 Å². The summed E-state index contributed by atoms with van der Waals surface area (Å²) in [6.07, 6.45) is 13.8. The van der Waals surface area contributed by atoms with Crippen LogP contribution in [-0.2, 0) is 0 Å². The fourth-order valence-electron chi connectivity index (χ4n) is 1.06. The highest BCUT2D eigenvalue weighted by molar-refractivity contribution is 7.14. The molecule has 0 unspecified atom stereocenters. The van der Waals surface area contributed by atoms with Gasteiger partial charge in [-0.2, -0.15) is 0 Å². The highest BCUT2D eigenvalue weighted by Gasteiger charge is 2.09. The minimum absolute atomic E-state index is 0.725. The molecule has 0 N–H and O–H groups in total. The van der Waals surface area contributed by atoms with Crippen molar-refractivity contribution in [2.75, 3.05) is 0 Å². The van der Waals surface area contributed by atoms with E-state index in [-0.39, 0.29) is 0 Å². The molecule has 0 bridgehead atoms. The molecule has 2 nitrogen and oxygen atoms in total. The number of rotatable bonds is 0. The van der Waals surface area contributed by atoms with E-state index in [4.69, 9.17) is 12.8 Å². The molecular formula is C10H4N2S. The summed E-state index contributed by atoms with van der Waals surface area (Å²) in [7, 11) is 0. The van der Waals surface area contributed by atoms with Crippen molar-refractivity contribution in [1.82, 2.24) is 9.97 Å². The fraction of sp³-hybridized carbons (Fsp3) is 0. The molecule has 0 amide bonds. The number of thiophene rings is 1. The number of aromatic nitrogens is 2. The predicted octanol–water partition coefficient (Wildman–Crippen LogP) is 1.65. The van der Waals surface area contributed by atoms with Crippen molar-refractivity contribution in [3.8, 4) is 24.7 Å². The smallest absolute Gasteiger partial charge is 0.116 e. The summed E-state index contributed by atoms with van der Waals surface area (Å²) in [6.45, 7) is 0. The van der Waals surface area contributed by atoms with Gasteiger partial charge in [-0.25, -0.2) is 0 Å². The Morgan fingerprint density at radius 3 is 1.85 bits per heavy atom. The third kappa shape index (κ3) is 1.07. The fourth-order valence-corrected chi connectivity index (χ4v) is 1.88. The van der Waals surface area contributed by atoms with Crippen molar-refractivity contribution < 1.29 is 0 Å². The Balaban J connectivity index is 2.94. The molecule has 2 aromatic heterocycles. The van der Waals surface area contributed by atoms with E-state index >= 15 is 0 Å². The van der Waals surface area contributed by atoms with E-state index in [0.29, 0.717) is 0 Å². The maximum absolute atomic E-state index is 5.31. The Labute approximate surface area is 79.7 Å². The quantitative estimate of drug-likeness (QED) is 0.582. The van der Waals surface area contributed by atoms with E-state index in [9.17, 15) is 0 Å². The molecule has 60 valence electrons. The zero-order valence-corrected chi connectivity index (χ0v) is 7.43. The molecule has 13 heavy (non-hydrogen) atoms. The molecule has 0 radical (unpaired) electrons. The first-order valence-corrected chi connectivity index (χ1v) is 4.35. The molecule has 0 saturated carbocycles. The third-order valence-electron chi connectivity index (χ3n) is 1.59. The standard InChI is InChI=1S/C10H4N2S/c1-3-7-9-10(8(4-2)13-7)12-6-5-11-9/h1-2,5-6H. The zero-order valence-electron chi connectivity index (χ0n) is 6.61. The monoisotopic (exact) mass is 184 g/mol. The Morgan fingerprint density at radius 1 is 1.00 bits per heavy atom. The first kappa shape index (κ1) is 7.79. The average molecular weight is 184 g/mol. The summed E-state index contributed by atoms with van der Waals surface area (Å²) in [5.41, 5.74) is 1.45. The van der Waals surface area contributed by atoms with Crippen LogP contribution in [0, 0.1) is 24.7 Å². The average Bonchev–Trinajstić information content (AvgIpc) is 2.56. The van der Waals surface area contributed by atoms with Crippen LogP contribution in [0.4, 0.5) is 0 Å². The first-order chi connectivity index (χ1) is 6.36. The summed E-state index contributed by atoms with van der Waals surface area (Å²) < 4.78 is 0. The van der Waals surface area contributed by atoms with Gasteiger partial charge in [0, 0.05) is 12.4 Å². The number of hydrogen-bond donors (Lipinski definition) is 0. The second-order valence-corrected chi connectivity index (χ2v) is 3.32. The molecule has 2 aromatic rings. The number of fused-ring (bicyclic) bond motifs is 1. The molecule has 3 heteroatoms. The van der Waals surface area contributed by atoms with Crippen molar-refractivity contribution in [2.24, 2.45) is 0 Å². The van der Waals surface area contributed by atoms with Crippen molar-refractivity contribution in [1.29, 1.82) is 0 Å². The maximum Gasteiger partial charge on any atom is 0.116 e. The summed E-state index contributed by atoms with van der Waals surface area (Å²) in [4.78, 5) is 9.75. The Kier molecular flexibility index (Phi) is 1.73. The van der Waals surface area contributed by atoms with E-state index in [1.807, 2.05) is 0 Å². The van der Waals surface area contributed by atoms with Gasteiger partial charge in [0.15, 0.2) is 0 Å². The largest absolute Gasteiger partial charge is 0.251 e. The molecule has 0 aliphatic carbocycles. The van der Waals surface area contributed by atoms with Crippen LogP contribution >= 0.6 is 11.3 Å². The van der Waals surface area contributed by atoms with Gasteiger partial charge in [0.1, 0.15) is 20.8 Å². The highest BCUT2D eigenvalue weighted by Crippen LogP contribution is 2.26. The van der Waals surface area contributed by atoms with E-state index in [1.54, 1.807) is 12.4 Å². The molecule has 0 aliphatic rings. The number of hydrogen-bond acceptors (Lipinski definition) is 3. The molecule has 0 atom stereocenters. The van der Waals surface area contributed by atoms with Gasteiger partial charge < -0.3 is 0 Å². The second kappa shape index (κ2) is 2.90. The van der Waals surface area contributed by atoms with Crippen LogP contribution in [0.25, 0.3) is 11.0 Å². The third-order valence-corrected chi connectivity index (χ3v) is 2.63. The zero-order chi connectivity index (χ0) is 9.26. The summed E-state index contributed by atoms with van der Waals surface area (Å²) in [5, 5.41) is 0. The number of terminal acetylenes is 2. The molecule has 0 aromatic carbocycles. The lowest BCUT2D eigenvalue weighted by Gasteiger charge is -1.86. The molecule has 0 spiro atoms. The SMILES string of the molecule is C#Cc1sc(C#C)c2nccnc12. The second-order valence-electron chi connectivity index (χ2n) is 2.30. The van der Waals surface area contributed by atoms with Gasteiger partial charge in [-0.05, 0) is 0 Å². The van der Waals surface area contributed by atoms with Crippen LogP contribution in [0.5, 0.6) is 0 Å². The normalized spacial score (nSPS) is 9.38. The van der Waals surface area contributed by atoms with E-state index in [0.717, 1.165) is 20.8 Å². The molecule has 0 fully saturated rings. The number of nitrogens with zero attached hydrogens (tertiary/aromatic N) is 2. The Morgan fingerprint density at radius 2 is 1.46 bits per heavy atom. The van der Waals surface area contributed by atoms with Crippen molar-refractivity contribution in [3.05, 3.63) is 22.1 Å². The molecule has 2 rings (SSSR count).